The second-order valence-corrected chi connectivity index (χ2v) is 8.50. The lowest BCUT2D eigenvalue weighted by molar-refractivity contribution is 0.611. The van der Waals surface area contributed by atoms with Gasteiger partial charge in [-0.05, 0) is 60.5 Å². The van der Waals surface area contributed by atoms with Crippen molar-refractivity contribution in [3.8, 4) is 16.9 Å². The van der Waals surface area contributed by atoms with Crippen LogP contribution in [-0.4, -0.2) is 34.7 Å². The summed E-state index contributed by atoms with van der Waals surface area (Å²) in [4.78, 5) is 17.1. The fourth-order valence-electron chi connectivity index (χ4n) is 4.09. The van der Waals surface area contributed by atoms with Crippen molar-refractivity contribution in [1.29, 1.82) is 0 Å². The number of aromatic amines is 2. The van der Waals surface area contributed by atoms with Crippen molar-refractivity contribution in [1.82, 2.24) is 34.7 Å². The highest BCUT2D eigenvalue weighted by molar-refractivity contribution is 6.35. The number of nitrogens with zero attached hydrogens (tertiary/aromatic N) is 5. The van der Waals surface area contributed by atoms with E-state index < -0.39 is 0 Å². The fourth-order valence-corrected chi connectivity index (χ4v) is 4.34. The second kappa shape index (κ2) is 7.67. The molecule has 0 amide bonds. The molecule has 0 saturated carbocycles. The van der Waals surface area contributed by atoms with Crippen LogP contribution in [0.2, 0.25) is 5.02 Å². The smallest absolute Gasteiger partial charge is 0.306 e. The van der Waals surface area contributed by atoms with Gasteiger partial charge >= 0.3 is 5.69 Å². The molecule has 168 valence electrons. The zero-order chi connectivity index (χ0) is 23.4. The van der Waals surface area contributed by atoms with Crippen molar-refractivity contribution in [3.05, 3.63) is 93.2 Å². The number of aromatic nitrogens is 7. The highest BCUT2D eigenvalue weighted by atomic mass is 35.5. The molecule has 0 aliphatic heterocycles. The Labute approximate surface area is 196 Å². The van der Waals surface area contributed by atoms with E-state index in [2.05, 4.69) is 25.4 Å². The molecule has 0 fully saturated rings. The molecule has 0 atom stereocenters. The summed E-state index contributed by atoms with van der Waals surface area (Å²) in [7, 11) is 0. The predicted octanol–water partition coefficient (Wildman–Crippen LogP) is 4.60. The maximum absolute atomic E-state index is 14.0. The molecule has 6 rings (SSSR count). The minimum absolute atomic E-state index is 0.244. The van der Waals surface area contributed by atoms with E-state index in [1.807, 2.05) is 36.4 Å². The van der Waals surface area contributed by atoms with Crippen LogP contribution in [0.25, 0.3) is 39.0 Å². The maximum Gasteiger partial charge on any atom is 0.323 e. The third-order valence-corrected chi connectivity index (χ3v) is 6.12. The van der Waals surface area contributed by atoms with Gasteiger partial charge in [-0.2, -0.15) is 5.10 Å². The van der Waals surface area contributed by atoms with Gasteiger partial charge in [0, 0.05) is 11.8 Å². The van der Waals surface area contributed by atoms with Gasteiger partial charge in [0.1, 0.15) is 11.3 Å². The Kier molecular flexibility index (Phi) is 4.59. The maximum atomic E-state index is 14.0. The predicted molar refractivity (Wildman–Crippen MR) is 128 cm³/mol. The van der Waals surface area contributed by atoms with Crippen LogP contribution in [0.15, 0.2) is 65.6 Å². The summed E-state index contributed by atoms with van der Waals surface area (Å²) in [5.74, 6) is -0.244. The highest BCUT2D eigenvalue weighted by Gasteiger charge is 2.16. The van der Waals surface area contributed by atoms with Crippen LogP contribution in [0.3, 0.4) is 0 Å². The standard InChI is InChI=1S/C24H17ClFN7O/c1-13-2-3-14(8-18(13)26)12-32-21(6-7-27-32)15-9-17(25)23-22(10-15)33(31-30-23)16-4-5-19-20(11-16)29-24(34)28-19/h2-11H,12H2,1H3,(H2,28,29,34). The van der Waals surface area contributed by atoms with Crippen LogP contribution < -0.4 is 5.69 Å². The van der Waals surface area contributed by atoms with Gasteiger partial charge in [-0.1, -0.05) is 28.9 Å². The molecule has 3 aromatic carbocycles. The first kappa shape index (κ1) is 20.4. The lowest BCUT2D eigenvalue weighted by Gasteiger charge is -2.10. The van der Waals surface area contributed by atoms with Gasteiger partial charge in [0.2, 0.25) is 0 Å². The summed E-state index contributed by atoms with van der Waals surface area (Å²) < 4.78 is 17.5. The van der Waals surface area contributed by atoms with Crippen LogP contribution in [-0.2, 0) is 6.54 Å². The number of imidazole rings is 1. The van der Waals surface area contributed by atoms with E-state index in [0.29, 0.717) is 39.2 Å². The van der Waals surface area contributed by atoms with Gasteiger partial charge in [-0.25, -0.2) is 13.9 Å². The summed E-state index contributed by atoms with van der Waals surface area (Å²) in [5, 5.41) is 13.4. The van der Waals surface area contributed by atoms with E-state index in [0.717, 1.165) is 22.5 Å². The molecule has 8 nitrogen and oxygen atoms in total. The van der Waals surface area contributed by atoms with Gasteiger partial charge in [-0.3, -0.25) is 4.68 Å². The molecular weight excluding hydrogens is 457 g/mol. The molecule has 0 aliphatic carbocycles. The molecule has 3 heterocycles. The molecule has 2 N–H and O–H groups in total. The summed E-state index contributed by atoms with van der Waals surface area (Å²) in [6.45, 7) is 2.14. The van der Waals surface area contributed by atoms with Crippen LogP contribution in [0.5, 0.6) is 0 Å². The van der Waals surface area contributed by atoms with Gasteiger partial charge in [0.05, 0.1) is 39.5 Å². The third-order valence-electron chi connectivity index (χ3n) is 5.83. The van der Waals surface area contributed by atoms with Crippen molar-refractivity contribution >= 4 is 33.7 Å². The number of hydrogen-bond donors (Lipinski definition) is 2. The van der Waals surface area contributed by atoms with Crippen LogP contribution in [0.4, 0.5) is 4.39 Å². The number of rotatable bonds is 4. The van der Waals surface area contributed by atoms with E-state index in [1.165, 1.54) is 6.07 Å². The van der Waals surface area contributed by atoms with Crippen molar-refractivity contribution in [3.63, 3.8) is 0 Å². The molecule has 10 heteroatoms. The van der Waals surface area contributed by atoms with E-state index in [4.69, 9.17) is 11.6 Å². The van der Waals surface area contributed by atoms with Crippen LogP contribution in [0, 0.1) is 12.7 Å². The van der Waals surface area contributed by atoms with E-state index in [9.17, 15) is 9.18 Å². The Balaban J connectivity index is 1.45. The minimum atomic E-state index is -0.275. The van der Waals surface area contributed by atoms with Crippen LogP contribution >= 0.6 is 11.6 Å². The molecule has 34 heavy (non-hydrogen) atoms. The number of fused-ring (bicyclic) bond motifs is 2. The average Bonchev–Trinajstić information content (AvgIpc) is 3.53. The van der Waals surface area contributed by atoms with Crippen molar-refractivity contribution in [2.45, 2.75) is 13.5 Å². The Morgan fingerprint density at radius 2 is 1.88 bits per heavy atom. The molecule has 6 aromatic rings. The molecule has 0 unspecified atom stereocenters. The fraction of sp³-hybridized carbons (Fsp3) is 0.0833. The molecule has 0 aliphatic rings. The number of halogens is 2. The SMILES string of the molecule is Cc1ccc(Cn2nccc2-c2cc(Cl)c3nnn(-c4ccc5[nH]c(=O)[nH]c5c4)c3c2)cc1F. The number of H-pyrrole nitrogens is 2. The zero-order valence-electron chi connectivity index (χ0n) is 17.9. The Morgan fingerprint density at radius 1 is 1.03 bits per heavy atom. The summed E-state index contributed by atoms with van der Waals surface area (Å²) in [5.41, 5.74) is 6.12. The first-order valence-corrected chi connectivity index (χ1v) is 10.9. The first-order valence-electron chi connectivity index (χ1n) is 10.5. The number of nitrogens with one attached hydrogen (secondary N) is 2. The van der Waals surface area contributed by atoms with E-state index in [-0.39, 0.29) is 11.5 Å². The van der Waals surface area contributed by atoms with Crippen LogP contribution in [0.1, 0.15) is 11.1 Å². The Hall–Kier alpha value is -4.24. The quantitative estimate of drug-likeness (QED) is 0.391. The topological polar surface area (TPSA) is 97.2 Å². The normalized spacial score (nSPS) is 11.6. The average molecular weight is 474 g/mol. The third kappa shape index (κ3) is 3.37. The Morgan fingerprint density at radius 3 is 2.74 bits per heavy atom. The molecular formula is C24H17ClFN7O. The summed E-state index contributed by atoms with van der Waals surface area (Å²) in [6, 6.07) is 16.3. The number of aryl methyl sites for hydroxylation is 1. The lowest BCUT2D eigenvalue weighted by atomic mass is 10.1. The van der Waals surface area contributed by atoms with Crippen molar-refractivity contribution in [2.75, 3.05) is 0 Å². The zero-order valence-corrected chi connectivity index (χ0v) is 18.6. The van der Waals surface area contributed by atoms with Gasteiger partial charge in [0.25, 0.3) is 0 Å². The number of benzene rings is 3. The molecule has 0 bridgehead atoms. The van der Waals surface area contributed by atoms with Crippen molar-refractivity contribution < 1.29 is 4.39 Å². The molecule has 0 spiro atoms. The van der Waals surface area contributed by atoms with Gasteiger partial charge in [-0.15, -0.1) is 5.10 Å². The first-order chi connectivity index (χ1) is 16.5. The summed E-state index contributed by atoms with van der Waals surface area (Å²) in [6.07, 6.45) is 1.70. The molecule has 0 radical (unpaired) electrons. The van der Waals surface area contributed by atoms with E-state index >= 15 is 0 Å². The van der Waals surface area contributed by atoms with Crippen molar-refractivity contribution in [2.24, 2.45) is 0 Å². The molecule has 3 aromatic heterocycles. The van der Waals surface area contributed by atoms with E-state index in [1.54, 1.807) is 34.6 Å². The monoisotopic (exact) mass is 473 g/mol. The summed E-state index contributed by atoms with van der Waals surface area (Å²) >= 11 is 6.58. The highest BCUT2D eigenvalue weighted by Crippen LogP contribution is 2.31. The Bertz CT molecular complexity index is 1760. The molecule has 0 saturated heterocycles. The minimum Gasteiger partial charge on any atom is -0.306 e. The lowest BCUT2D eigenvalue weighted by Crippen LogP contribution is -2.04. The largest absolute Gasteiger partial charge is 0.323 e. The van der Waals surface area contributed by atoms with Gasteiger partial charge in [0.15, 0.2) is 0 Å². The number of hydrogen-bond acceptors (Lipinski definition) is 4. The van der Waals surface area contributed by atoms with Gasteiger partial charge < -0.3 is 9.97 Å². The second-order valence-electron chi connectivity index (χ2n) is 8.09.